The van der Waals surface area contributed by atoms with Gasteiger partial charge in [0.05, 0.1) is 0 Å². The van der Waals surface area contributed by atoms with Gasteiger partial charge in [-0.05, 0) is 19.4 Å². The van der Waals surface area contributed by atoms with E-state index in [1.165, 1.54) is 6.42 Å². The summed E-state index contributed by atoms with van der Waals surface area (Å²) in [7, 11) is 0. The van der Waals surface area contributed by atoms with Crippen molar-refractivity contribution in [3.8, 4) is 0 Å². The average Bonchev–Trinajstić information content (AvgIpc) is 2.31. The number of hydrogen-bond donors (Lipinski definition) is 1. The lowest BCUT2D eigenvalue weighted by molar-refractivity contribution is 0.543. The Morgan fingerprint density at radius 1 is 1.70 bits per heavy atom. The van der Waals surface area contributed by atoms with Gasteiger partial charge in [0.2, 0.25) is 0 Å². The summed E-state index contributed by atoms with van der Waals surface area (Å²) in [6.07, 6.45) is 2.19. The summed E-state index contributed by atoms with van der Waals surface area (Å²) in [4.78, 5) is 0. The van der Waals surface area contributed by atoms with Crippen LogP contribution < -0.4 is 10.6 Å². The molecule has 0 aromatic carbocycles. The third-order valence-corrected chi connectivity index (χ3v) is 2.00. The normalized spacial score (nSPS) is 33.0. The van der Waals surface area contributed by atoms with Crippen molar-refractivity contribution in [2.75, 3.05) is 13.1 Å². The van der Waals surface area contributed by atoms with Gasteiger partial charge < -0.3 is 5.32 Å². The summed E-state index contributed by atoms with van der Waals surface area (Å²) < 4.78 is 0. The quantitative estimate of drug-likeness (QED) is 0.484. The first-order valence-corrected chi connectivity index (χ1v) is 4.30. The Morgan fingerprint density at radius 3 is 3.00 bits per heavy atom. The van der Waals surface area contributed by atoms with Gasteiger partial charge in [0.15, 0.2) is 0 Å². The highest BCUT2D eigenvalue weighted by Crippen LogP contribution is 2.11. The third kappa shape index (κ3) is 2.45. The van der Waals surface area contributed by atoms with E-state index in [1.54, 1.807) is 0 Å². The molecule has 2 nitrogen and oxygen atoms in total. The molecular weight excluding hydrogens is 148 g/mol. The highest BCUT2D eigenvalue weighted by atomic mass is 35.5. The molecule has 1 aliphatic rings. The molecule has 2 atom stereocenters. The highest BCUT2D eigenvalue weighted by Gasteiger charge is 2.21. The number of rotatable bonds is 3. The Bertz CT molecular complexity index is 97.6. The zero-order valence-electron chi connectivity index (χ0n) is 6.31. The third-order valence-electron chi connectivity index (χ3n) is 1.69. The first-order chi connectivity index (χ1) is 4.83. The van der Waals surface area contributed by atoms with Gasteiger partial charge in [-0.1, -0.05) is 6.92 Å². The van der Waals surface area contributed by atoms with Gasteiger partial charge in [0.1, 0.15) is 5.50 Å². The number of alkyl halides is 1. The maximum Gasteiger partial charge on any atom is 0.100 e. The second kappa shape index (κ2) is 4.16. The summed E-state index contributed by atoms with van der Waals surface area (Å²) in [5.41, 5.74) is 0.0642. The van der Waals surface area contributed by atoms with E-state index in [-0.39, 0.29) is 5.50 Å². The van der Waals surface area contributed by atoms with Crippen molar-refractivity contribution in [3.05, 3.63) is 0 Å². The second-order valence-electron chi connectivity index (χ2n) is 2.69. The van der Waals surface area contributed by atoms with Crippen molar-refractivity contribution in [2.45, 2.75) is 31.3 Å². The van der Waals surface area contributed by atoms with E-state index in [1.807, 2.05) is 0 Å². The smallest absolute Gasteiger partial charge is 0.100 e. The first kappa shape index (κ1) is 8.31. The summed E-state index contributed by atoms with van der Waals surface area (Å²) in [6.45, 7) is 4.15. The number of hydrogen-bond acceptors (Lipinski definition) is 1. The molecule has 1 heterocycles. The van der Waals surface area contributed by atoms with E-state index in [0.717, 1.165) is 19.5 Å². The Labute approximate surface area is 67.3 Å². The molecule has 3 heteroatoms. The molecule has 0 amide bonds. The van der Waals surface area contributed by atoms with E-state index >= 15 is 0 Å². The average molecular weight is 162 g/mol. The second-order valence-corrected chi connectivity index (χ2v) is 3.19. The summed E-state index contributed by atoms with van der Waals surface area (Å²) >= 11 is 5.78. The summed E-state index contributed by atoms with van der Waals surface area (Å²) in [5, 5.41) is 7.56. The van der Waals surface area contributed by atoms with Crippen molar-refractivity contribution in [3.63, 3.8) is 0 Å². The Balaban J connectivity index is 2.06. The lowest BCUT2D eigenvalue weighted by Gasteiger charge is -2.08. The molecule has 0 aromatic heterocycles. The van der Waals surface area contributed by atoms with Crippen LogP contribution in [0.15, 0.2) is 0 Å². The van der Waals surface area contributed by atoms with Gasteiger partial charge in [-0.2, -0.15) is 0 Å². The minimum absolute atomic E-state index is 0.0642. The molecule has 1 saturated heterocycles. The zero-order valence-corrected chi connectivity index (χ0v) is 7.06. The molecule has 0 aliphatic carbocycles. The fraction of sp³-hybridized carbons (Fsp3) is 1.00. The van der Waals surface area contributed by atoms with Crippen LogP contribution in [0.25, 0.3) is 0 Å². The lowest BCUT2D eigenvalue weighted by atomic mass is 10.2. The van der Waals surface area contributed by atoms with Crippen LogP contribution in [-0.2, 0) is 0 Å². The van der Waals surface area contributed by atoms with Crippen molar-refractivity contribution in [1.82, 2.24) is 10.6 Å². The molecule has 10 heavy (non-hydrogen) atoms. The van der Waals surface area contributed by atoms with Crippen LogP contribution in [0, 0.1) is 0 Å². The monoisotopic (exact) mass is 161 g/mol. The van der Waals surface area contributed by atoms with E-state index in [9.17, 15) is 0 Å². The molecule has 0 spiro atoms. The fourth-order valence-corrected chi connectivity index (χ4v) is 1.42. The SMILES string of the molecule is CCCNC1C[N]C(Cl)C1. The maximum absolute atomic E-state index is 5.78. The van der Waals surface area contributed by atoms with Gasteiger partial charge >= 0.3 is 0 Å². The Morgan fingerprint density at radius 2 is 2.50 bits per heavy atom. The van der Waals surface area contributed by atoms with E-state index in [4.69, 9.17) is 11.6 Å². The Hall–Kier alpha value is 0.210. The molecule has 0 aromatic rings. The fourth-order valence-electron chi connectivity index (χ4n) is 1.12. The van der Waals surface area contributed by atoms with Gasteiger partial charge in [-0.3, -0.25) is 0 Å². The van der Waals surface area contributed by atoms with E-state index in [0.29, 0.717) is 6.04 Å². The van der Waals surface area contributed by atoms with Crippen molar-refractivity contribution in [1.29, 1.82) is 0 Å². The van der Waals surface area contributed by atoms with Crippen molar-refractivity contribution >= 4 is 11.6 Å². The highest BCUT2D eigenvalue weighted by molar-refractivity contribution is 6.20. The van der Waals surface area contributed by atoms with Gasteiger partial charge in [-0.15, -0.1) is 11.6 Å². The molecule has 0 saturated carbocycles. The molecule has 1 fully saturated rings. The van der Waals surface area contributed by atoms with E-state index < -0.39 is 0 Å². The molecule has 1 aliphatic heterocycles. The molecule has 59 valence electrons. The topological polar surface area (TPSA) is 26.1 Å². The zero-order chi connectivity index (χ0) is 7.40. The van der Waals surface area contributed by atoms with Crippen LogP contribution in [-0.4, -0.2) is 24.6 Å². The molecule has 1 rings (SSSR count). The molecule has 0 bridgehead atoms. The van der Waals surface area contributed by atoms with Crippen LogP contribution >= 0.6 is 11.6 Å². The van der Waals surface area contributed by atoms with Crippen molar-refractivity contribution < 1.29 is 0 Å². The van der Waals surface area contributed by atoms with Crippen LogP contribution in [0.5, 0.6) is 0 Å². The summed E-state index contributed by atoms with van der Waals surface area (Å²) in [5.74, 6) is 0. The van der Waals surface area contributed by atoms with Crippen LogP contribution in [0.2, 0.25) is 0 Å². The van der Waals surface area contributed by atoms with Crippen molar-refractivity contribution in [2.24, 2.45) is 0 Å². The van der Waals surface area contributed by atoms with Gasteiger partial charge in [0.25, 0.3) is 0 Å². The van der Waals surface area contributed by atoms with Crippen LogP contribution in [0.3, 0.4) is 0 Å². The minimum atomic E-state index is 0.0642. The number of nitrogens with one attached hydrogen (secondary N) is 1. The number of nitrogens with zero attached hydrogens (tertiary/aromatic N) is 1. The standard InChI is InChI=1S/C7H14ClN2/c1-2-3-9-6-4-7(8)10-5-6/h6-7,9H,2-5H2,1H3. The molecule has 1 N–H and O–H groups in total. The first-order valence-electron chi connectivity index (χ1n) is 3.87. The van der Waals surface area contributed by atoms with Crippen LogP contribution in [0.1, 0.15) is 19.8 Å². The minimum Gasteiger partial charge on any atom is -0.313 e. The predicted octanol–water partition coefficient (Wildman–Crippen LogP) is 0.928. The van der Waals surface area contributed by atoms with Crippen LogP contribution in [0.4, 0.5) is 0 Å². The molecule has 2 unspecified atom stereocenters. The predicted molar refractivity (Wildman–Crippen MR) is 43.3 cm³/mol. The van der Waals surface area contributed by atoms with Gasteiger partial charge in [-0.25, -0.2) is 5.32 Å². The summed E-state index contributed by atoms with van der Waals surface area (Å²) in [6, 6.07) is 0.544. The largest absolute Gasteiger partial charge is 0.313 e. The molecular formula is C7H14ClN2. The number of halogens is 1. The molecule has 1 radical (unpaired) electrons. The van der Waals surface area contributed by atoms with Gasteiger partial charge in [0, 0.05) is 12.6 Å². The lowest BCUT2D eigenvalue weighted by Crippen LogP contribution is -2.30. The maximum atomic E-state index is 5.78. The van der Waals surface area contributed by atoms with E-state index in [2.05, 4.69) is 17.6 Å². The Kier molecular flexibility index (Phi) is 3.46.